The lowest BCUT2D eigenvalue weighted by Gasteiger charge is -1.93. The van der Waals surface area contributed by atoms with E-state index in [9.17, 15) is 0 Å². The minimum atomic E-state index is 0.712. The molecule has 0 aliphatic carbocycles. The van der Waals surface area contributed by atoms with E-state index in [1.165, 1.54) is 4.88 Å². The lowest BCUT2D eigenvalue weighted by Crippen LogP contribution is -1.91. The van der Waals surface area contributed by atoms with Crippen molar-refractivity contribution < 1.29 is 0 Å². The lowest BCUT2D eigenvalue weighted by molar-refractivity contribution is 0.875. The summed E-state index contributed by atoms with van der Waals surface area (Å²) in [6.07, 6.45) is 5.40. The average Bonchev–Trinajstić information content (AvgIpc) is 3.09. The van der Waals surface area contributed by atoms with Gasteiger partial charge in [0.25, 0.3) is 0 Å². The van der Waals surface area contributed by atoms with Crippen molar-refractivity contribution in [2.24, 2.45) is 0 Å². The predicted octanol–water partition coefficient (Wildman–Crippen LogP) is 2.71. The normalized spacial score (nSPS) is 10.7. The van der Waals surface area contributed by atoms with Gasteiger partial charge in [-0.3, -0.25) is 10.1 Å². The fraction of sp³-hybridized carbons (Fsp3) is 0.154. The van der Waals surface area contributed by atoms with E-state index in [1.54, 1.807) is 23.7 Å². The van der Waals surface area contributed by atoms with Crippen LogP contribution in [0.25, 0.3) is 11.4 Å². The van der Waals surface area contributed by atoms with Gasteiger partial charge in [0.15, 0.2) is 5.82 Å². The molecule has 90 valence electrons. The van der Waals surface area contributed by atoms with Gasteiger partial charge in [-0.2, -0.15) is 5.10 Å². The molecule has 1 N–H and O–H groups in total. The van der Waals surface area contributed by atoms with E-state index in [2.05, 4.69) is 37.7 Å². The lowest BCUT2D eigenvalue weighted by atomic mass is 10.2. The molecule has 0 bridgehead atoms. The third-order valence-electron chi connectivity index (χ3n) is 2.64. The van der Waals surface area contributed by atoms with Crippen LogP contribution < -0.4 is 0 Å². The second-order valence-corrected chi connectivity index (χ2v) is 4.96. The van der Waals surface area contributed by atoms with Crippen LogP contribution in [0.3, 0.4) is 0 Å². The minimum Gasteiger partial charge on any atom is -0.264 e. The standard InChI is InChI=1S/C13H12N4S/c1-3-10(9-14-7-1)13-15-12(16-17-13)6-5-11-4-2-8-18-11/h1-4,7-9H,5-6H2,(H,15,16,17). The van der Waals surface area contributed by atoms with Crippen molar-refractivity contribution in [3.05, 3.63) is 52.7 Å². The second-order valence-electron chi connectivity index (χ2n) is 3.93. The van der Waals surface area contributed by atoms with Crippen molar-refractivity contribution in [3.8, 4) is 11.4 Å². The van der Waals surface area contributed by atoms with Crippen LogP contribution in [0.5, 0.6) is 0 Å². The molecule has 0 fully saturated rings. The molecular weight excluding hydrogens is 244 g/mol. The molecule has 4 nitrogen and oxygen atoms in total. The third kappa shape index (κ3) is 2.46. The van der Waals surface area contributed by atoms with E-state index in [-0.39, 0.29) is 0 Å². The Bertz CT molecular complexity index is 601. The maximum absolute atomic E-state index is 4.48. The topological polar surface area (TPSA) is 54.5 Å². The molecule has 3 aromatic rings. The summed E-state index contributed by atoms with van der Waals surface area (Å²) in [7, 11) is 0. The number of pyridine rings is 1. The highest BCUT2D eigenvalue weighted by Crippen LogP contribution is 2.14. The highest BCUT2D eigenvalue weighted by Gasteiger charge is 2.06. The van der Waals surface area contributed by atoms with Gasteiger partial charge < -0.3 is 0 Å². The fourth-order valence-electron chi connectivity index (χ4n) is 1.73. The summed E-state index contributed by atoms with van der Waals surface area (Å²) in [4.78, 5) is 9.91. The molecule has 3 aromatic heterocycles. The van der Waals surface area contributed by atoms with Crippen molar-refractivity contribution in [2.45, 2.75) is 12.8 Å². The third-order valence-corrected chi connectivity index (χ3v) is 3.58. The van der Waals surface area contributed by atoms with Gasteiger partial charge in [0.1, 0.15) is 5.82 Å². The Hall–Kier alpha value is -2.01. The molecule has 0 radical (unpaired) electrons. The summed E-state index contributed by atoms with van der Waals surface area (Å²) < 4.78 is 0. The number of nitrogens with one attached hydrogen (secondary N) is 1. The van der Waals surface area contributed by atoms with Crippen LogP contribution in [0.15, 0.2) is 42.0 Å². The summed E-state index contributed by atoms with van der Waals surface area (Å²) in [6, 6.07) is 8.06. The SMILES string of the molecule is c1cncc(-c2n[nH]c(CCc3cccs3)n2)c1. The summed E-state index contributed by atoms with van der Waals surface area (Å²) >= 11 is 1.77. The highest BCUT2D eigenvalue weighted by atomic mass is 32.1. The van der Waals surface area contributed by atoms with Gasteiger partial charge in [0, 0.05) is 29.3 Å². The van der Waals surface area contributed by atoms with Gasteiger partial charge in [-0.25, -0.2) is 4.98 Å². The molecule has 3 rings (SSSR count). The molecule has 0 atom stereocenters. The van der Waals surface area contributed by atoms with Crippen LogP contribution >= 0.6 is 11.3 Å². The smallest absolute Gasteiger partial charge is 0.182 e. The zero-order chi connectivity index (χ0) is 12.2. The first kappa shape index (κ1) is 11.1. The number of nitrogens with zero attached hydrogens (tertiary/aromatic N) is 3. The Kier molecular flexibility index (Phi) is 3.14. The van der Waals surface area contributed by atoms with Crippen molar-refractivity contribution in [3.63, 3.8) is 0 Å². The van der Waals surface area contributed by atoms with E-state index >= 15 is 0 Å². The van der Waals surface area contributed by atoms with Crippen LogP contribution in [0.1, 0.15) is 10.7 Å². The van der Waals surface area contributed by atoms with E-state index in [4.69, 9.17) is 0 Å². The molecule has 0 aromatic carbocycles. The average molecular weight is 256 g/mol. The van der Waals surface area contributed by atoms with Gasteiger partial charge in [-0.05, 0) is 30.0 Å². The number of hydrogen-bond acceptors (Lipinski definition) is 4. The monoisotopic (exact) mass is 256 g/mol. The van der Waals surface area contributed by atoms with Crippen LogP contribution in [0, 0.1) is 0 Å². The van der Waals surface area contributed by atoms with E-state index in [0.29, 0.717) is 5.82 Å². The van der Waals surface area contributed by atoms with Crippen LogP contribution in [-0.4, -0.2) is 20.2 Å². The van der Waals surface area contributed by atoms with Gasteiger partial charge in [-0.1, -0.05) is 6.07 Å². The number of rotatable bonds is 4. The first-order chi connectivity index (χ1) is 8.92. The molecule has 0 saturated heterocycles. The molecular formula is C13H12N4S. The zero-order valence-corrected chi connectivity index (χ0v) is 10.5. The Labute approximate surface area is 109 Å². The van der Waals surface area contributed by atoms with E-state index in [1.807, 2.05) is 12.1 Å². The molecule has 0 spiro atoms. The largest absolute Gasteiger partial charge is 0.264 e. The number of aryl methyl sites for hydroxylation is 2. The Morgan fingerprint density at radius 3 is 2.94 bits per heavy atom. The number of thiophene rings is 1. The number of aromatic amines is 1. The van der Waals surface area contributed by atoms with Crippen LogP contribution in [-0.2, 0) is 12.8 Å². The van der Waals surface area contributed by atoms with E-state index < -0.39 is 0 Å². The first-order valence-electron chi connectivity index (χ1n) is 5.76. The van der Waals surface area contributed by atoms with Crippen molar-refractivity contribution in [1.82, 2.24) is 20.2 Å². The molecule has 0 unspecified atom stereocenters. The number of H-pyrrole nitrogens is 1. The Morgan fingerprint density at radius 2 is 2.17 bits per heavy atom. The molecule has 3 heterocycles. The highest BCUT2D eigenvalue weighted by molar-refractivity contribution is 7.09. The first-order valence-corrected chi connectivity index (χ1v) is 6.64. The number of hydrogen-bond donors (Lipinski definition) is 1. The minimum absolute atomic E-state index is 0.712. The fourth-order valence-corrected chi connectivity index (χ4v) is 2.44. The molecule has 0 aliphatic rings. The summed E-state index contributed by atoms with van der Waals surface area (Å²) in [6.45, 7) is 0. The Balaban J connectivity index is 1.70. The van der Waals surface area contributed by atoms with Crippen molar-refractivity contribution >= 4 is 11.3 Å². The zero-order valence-electron chi connectivity index (χ0n) is 9.71. The predicted molar refractivity (Wildman–Crippen MR) is 71.3 cm³/mol. The van der Waals surface area contributed by atoms with Gasteiger partial charge in [0.2, 0.25) is 0 Å². The number of aromatic nitrogens is 4. The Morgan fingerprint density at radius 1 is 1.17 bits per heavy atom. The molecule has 0 amide bonds. The van der Waals surface area contributed by atoms with Crippen LogP contribution in [0.4, 0.5) is 0 Å². The summed E-state index contributed by atoms with van der Waals surface area (Å²) in [5.74, 6) is 1.63. The summed E-state index contributed by atoms with van der Waals surface area (Å²) in [5.41, 5.74) is 0.941. The second kappa shape index (κ2) is 5.10. The maximum Gasteiger partial charge on any atom is 0.182 e. The molecule has 0 aliphatic heterocycles. The molecule has 5 heteroatoms. The van der Waals surface area contributed by atoms with Crippen molar-refractivity contribution in [2.75, 3.05) is 0 Å². The quantitative estimate of drug-likeness (QED) is 0.781. The van der Waals surface area contributed by atoms with Gasteiger partial charge >= 0.3 is 0 Å². The molecule has 18 heavy (non-hydrogen) atoms. The van der Waals surface area contributed by atoms with Gasteiger partial charge in [0.05, 0.1) is 0 Å². The van der Waals surface area contributed by atoms with Crippen LogP contribution in [0.2, 0.25) is 0 Å². The van der Waals surface area contributed by atoms with E-state index in [0.717, 1.165) is 24.2 Å². The van der Waals surface area contributed by atoms with Crippen molar-refractivity contribution in [1.29, 1.82) is 0 Å². The van der Waals surface area contributed by atoms with Gasteiger partial charge in [-0.15, -0.1) is 11.3 Å². The maximum atomic E-state index is 4.48. The molecule has 0 saturated carbocycles. The summed E-state index contributed by atoms with van der Waals surface area (Å²) in [5, 5.41) is 9.29.